The number of nitrogens with one attached hydrogen (secondary N) is 1. The highest BCUT2D eigenvalue weighted by Crippen LogP contribution is 2.40. The molecule has 1 aromatic rings. The minimum atomic E-state index is -0.628. The molecule has 1 fully saturated rings. The average Bonchev–Trinajstić information content (AvgIpc) is 2.90. The van der Waals surface area contributed by atoms with Crippen LogP contribution in [0.2, 0.25) is 0 Å². The van der Waals surface area contributed by atoms with E-state index in [1.165, 1.54) is 6.26 Å². The first-order valence-corrected chi connectivity index (χ1v) is 8.22. The van der Waals surface area contributed by atoms with Crippen molar-refractivity contribution < 1.29 is 18.8 Å². The number of hydrogen-bond donors (Lipinski definition) is 1. The van der Waals surface area contributed by atoms with E-state index in [1.54, 1.807) is 13.8 Å². The largest absolute Gasteiger partial charge is 0.464 e. The highest BCUT2D eigenvalue weighted by molar-refractivity contribution is 5.97. The van der Waals surface area contributed by atoms with Crippen LogP contribution in [0.1, 0.15) is 62.5 Å². The molecule has 1 aliphatic rings. The van der Waals surface area contributed by atoms with Crippen molar-refractivity contribution in [2.75, 3.05) is 6.61 Å². The highest BCUT2D eigenvalue weighted by Gasteiger charge is 2.38. The molecule has 1 amide bonds. The third-order valence-electron chi connectivity index (χ3n) is 4.54. The van der Waals surface area contributed by atoms with Gasteiger partial charge in [-0.25, -0.2) is 4.79 Å². The first-order chi connectivity index (χ1) is 10.8. The van der Waals surface area contributed by atoms with Crippen LogP contribution in [0, 0.1) is 18.3 Å². The van der Waals surface area contributed by atoms with Crippen molar-refractivity contribution in [1.29, 1.82) is 0 Å². The summed E-state index contributed by atoms with van der Waals surface area (Å²) in [6.07, 6.45) is 5.29. The molecule has 6 nitrogen and oxygen atoms in total. The van der Waals surface area contributed by atoms with E-state index in [2.05, 4.69) is 24.3 Å². The molecule has 0 radical (unpaired) electrons. The van der Waals surface area contributed by atoms with Gasteiger partial charge in [-0.2, -0.15) is 0 Å². The number of amides is 1. The van der Waals surface area contributed by atoms with Crippen molar-refractivity contribution in [2.24, 2.45) is 11.3 Å². The Balaban J connectivity index is 2.16. The molecule has 2 atom stereocenters. The first kappa shape index (κ1) is 17.5. The van der Waals surface area contributed by atoms with Gasteiger partial charge in [-0.05, 0) is 44.4 Å². The number of aryl methyl sites for hydroxylation is 1. The van der Waals surface area contributed by atoms with Crippen molar-refractivity contribution in [3.05, 3.63) is 17.5 Å². The van der Waals surface area contributed by atoms with Crippen molar-refractivity contribution in [1.82, 2.24) is 10.5 Å². The van der Waals surface area contributed by atoms with E-state index in [4.69, 9.17) is 9.26 Å². The molecule has 0 bridgehead atoms. The van der Waals surface area contributed by atoms with Crippen LogP contribution >= 0.6 is 0 Å². The topological polar surface area (TPSA) is 81.4 Å². The molecular formula is C17H26N2O4. The van der Waals surface area contributed by atoms with Crippen LogP contribution < -0.4 is 5.32 Å². The zero-order valence-corrected chi connectivity index (χ0v) is 14.3. The van der Waals surface area contributed by atoms with Gasteiger partial charge >= 0.3 is 5.97 Å². The second kappa shape index (κ2) is 7.15. The summed E-state index contributed by atoms with van der Waals surface area (Å²) < 4.78 is 9.99. The summed E-state index contributed by atoms with van der Waals surface area (Å²) in [5.74, 6) is -0.621. The van der Waals surface area contributed by atoms with Gasteiger partial charge in [0.25, 0.3) is 5.91 Å². The fourth-order valence-corrected chi connectivity index (χ4v) is 3.37. The normalized spacial score (nSPS) is 21.5. The van der Waals surface area contributed by atoms with Crippen molar-refractivity contribution in [3.63, 3.8) is 0 Å². The lowest BCUT2D eigenvalue weighted by Gasteiger charge is -2.38. The van der Waals surface area contributed by atoms with E-state index in [-0.39, 0.29) is 23.2 Å². The third-order valence-corrected chi connectivity index (χ3v) is 4.54. The minimum absolute atomic E-state index is 0.0851. The fraction of sp³-hybridized carbons (Fsp3) is 0.706. The first-order valence-electron chi connectivity index (χ1n) is 8.22. The van der Waals surface area contributed by atoms with Crippen LogP contribution in [0.4, 0.5) is 0 Å². The Morgan fingerprint density at radius 2 is 2.26 bits per heavy atom. The molecule has 2 unspecified atom stereocenters. The van der Waals surface area contributed by atoms with Gasteiger partial charge in [-0.3, -0.25) is 4.79 Å². The van der Waals surface area contributed by atoms with Crippen LogP contribution in [-0.2, 0) is 9.53 Å². The Kier molecular flexibility index (Phi) is 5.44. The van der Waals surface area contributed by atoms with Crippen LogP contribution in [0.3, 0.4) is 0 Å². The van der Waals surface area contributed by atoms with Crippen LogP contribution in [0.15, 0.2) is 10.8 Å². The predicted octanol–water partition coefficient (Wildman–Crippen LogP) is 2.86. The van der Waals surface area contributed by atoms with Crippen LogP contribution in [-0.4, -0.2) is 29.7 Å². The van der Waals surface area contributed by atoms with E-state index in [0.717, 1.165) is 25.7 Å². The Morgan fingerprint density at radius 3 is 2.83 bits per heavy atom. The van der Waals surface area contributed by atoms with Gasteiger partial charge in [0.15, 0.2) is 0 Å². The van der Waals surface area contributed by atoms with Crippen molar-refractivity contribution in [2.45, 2.75) is 59.4 Å². The maximum absolute atomic E-state index is 12.4. The molecule has 1 aliphatic carbocycles. The smallest absolute Gasteiger partial charge is 0.328 e. The zero-order chi connectivity index (χ0) is 17.0. The molecule has 0 spiro atoms. The summed E-state index contributed by atoms with van der Waals surface area (Å²) in [4.78, 5) is 24.8. The van der Waals surface area contributed by atoms with Crippen molar-refractivity contribution in [3.8, 4) is 0 Å². The highest BCUT2D eigenvalue weighted by atomic mass is 16.5. The van der Waals surface area contributed by atoms with Gasteiger partial charge in [0.1, 0.15) is 17.9 Å². The number of carbonyl (C=O) groups excluding carboxylic acids is 2. The maximum atomic E-state index is 12.4. The molecule has 1 saturated carbocycles. The number of aromatic nitrogens is 1. The minimum Gasteiger partial charge on any atom is -0.464 e. The van der Waals surface area contributed by atoms with Crippen molar-refractivity contribution >= 4 is 11.9 Å². The molecule has 1 heterocycles. The van der Waals surface area contributed by atoms with Gasteiger partial charge in [0.05, 0.1) is 12.3 Å². The predicted molar refractivity (Wildman–Crippen MR) is 84.9 cm³/mol. The second-order valence-electron chi connectivity index (χ2n) is 7.04. The molecule has 0 saturated heterocycles. The average molecular weight is 322 g/mol. The summed E-state index contributed by atoms with van der Waals surface area (Å²) in [5, 5.41) is 6.55. The molecule has 0 aliphatic heterocycles. The van der Waals surface area contributed by atoms with Gasteiger partial charge in [0.2, 0.25) is 0 Å². The number of ether oxygens (including phenoxy) is 1. The van der Waals surface area contributed by atoms with Gasteiger partial charge in [0, 0.05) is 0 Å². The van der Waals surface area contributed by atoms with E-state index in [0.29, 0.717) is 17.9 Å². The lowest BCUT2D eigenvalue weighted by Crippen LogP contribution is -2.49. The molecule has 6 heteroatoms. The SMILES string of the molecule is CCOC(=O)C(NC(=O)c1conc1C)C1CCCC(C)(C)C1. The summed E-state index contributed by atoms with van der Waals surface area (Å²) >= 11 is 0. The number of rotatable bonds is 5. The van der Waals surface area contributed by atoms with Gasteiger partial charge in [-0.15, -0.1) is 0 Å². The fourth-order valence-electron chi connectivity index (χ4n) is 3.37. The summed E-state index contributed by atoms with van der Waals surface area (Å²) in [6, 6.07) is -0.628. The summed E-state index contributed by atoms with van der Waals surface area (Å²) in [5.41, 5.74) is 1.04. The molecule has 1 N–H and O–H groups in total. The van der Waals surface area contributed by atoms with E-state index in [1.807, 2.05) is 0 Å². The molecule has 2 rings (SSSR count). The van der Waals surface area contributed by atoms with Crippen LogP contribution in [0.5, 0.6) is 0 Å². The molecule has 1 aromatic heterocycles. The lowest BCUT2D eigenvalue weighted by atomic mass is 9.70. The molecule has 0 aromatic carbocycles. The Hall–Kier alpha value is -1.85. The summed E-state index contributed by atoms with van der Waals surface area (Å²) in [7, 11) is 0. The van der Waals surface area contributed by atoms with Crippen LogP contribution in [0.25, 0.3) is 0 Å². The van der Waals surface area contributed by atoms with Gasteiger partial charge in [-0.1, -0.05) is 25.4 Å². The Labute approximate surface area is 136 Å². The number of carbonyl (C=O) groups is 2. The third kappa shape index (κ3) is 4.33. The maximum Gasteiger partial charge on any atom is 0.328 e. The zero-order valence-electron chi connectivity index (χ0n) is 14.3. The number of nitrogens with zero attached hydrogens (tertiary/aromatic N) is 1. The number of hydrogen-bond acceptors (Lipinski definition) is 5. The molecular weight excluding hydrogens is 296 g/mol. The lowest BCUT2D eigenvalue weighted by molar-refractivity contribution is -0.147. The quantitative estimate of drug-likeness (QED) is 0.843. The van der Waals surface area contributed by atoms with E-state index < -0.39 is 6.04 Å². The van der Waals surface area contributed by atoms with E-state index in [9.17, 15) is 9.59 Å². The second-order valence-corrected chi connectivity index (χ2v) is 7.04. The number of esters is 1. The molecule has 23 heavy (non-hydrogen) atoms. The summed E-state index contributed by atoms with van der Waals surface area (Å²) in [6.45, 7) is 8.17. The monoisotopic (exact) mass is 322 g/mol. The van der Waals surface area contributed by atoms with E-state index >= 15 is 0 Å². The van der Waals surface area contributed by atoms with Gasteiger partial charge < -0.3 is 14.6 Å². The standard InChI is InChI=1S/C17H26N2O4/c1-5-22-16(21)14(12-7-6-8-17(3,4)9-12)18-15(20)13-10-23-19-11(13)2/h10,12,14H,5-9H2,1-4H3,(H,18,20). The Morgan fingerprint density at radius 1 is 1.52 bits per heavy atom. The Bertz CT molecular complexity index is 565. The molecule has 128 valence electrons.